The fourth-order valence-corrected chi connectivity index (χ4v) is 7.60. The Hall–Kier alpha value is -3.68. The Labute approximate surface area is 247 Å². The minimum atomic E-state index is -0.356. The number of hydrogen-bond acceptors (Lipinski definition) is 5. The molecule has 8 heteroatoms. The van der Waals surface area contributed by atoms with Crippen molar-refractivity contribution in [3.63, 3.8) is 0 Å². The molecule has 3 aromatic rings. The Morgan fingerprint density at radius 1 is 0.929 bits per heavy atom. The normalized spacial score (nSPS) is 28.5. The molecule has 1 amide bonds. The molecule has 2 heterocycles. The zero-order valence-corrected chi connectivity index (χ0v) is 24.0. The van der Waals surface area contributed by atoms with Crippen molar-refractivity contribution in [3.05, 3.63) is 112 Å². The molecule has 2 bridgehead atoms. The molecule has 3 aromatic carbocycles. The summed E-state index contributed by atoms with van der Waals surface area (Å²) in [6.07, 6.45) is 4.15. The molecule has 42 heavy (non-hydrogen) atoms. The highest BCUT2D eigenvalue weighted by Gasteiger charge is 2.60. The standard InChI is InChI=1S/C34H38N4O4/c1-40-28-14-12-24(13-15-28)18-30-32(42-23-26-10-6-3-7-11-26)29-20-34(19-27(21-38(30)34)33(39)36-37-35)17-16-31(29)41-22-25-8-4-2-5-9-25/h2-15,27,29-32H,16-23H2,1H3/t27-,29+,30-,31+,32+,34-/m1/s1. The second-order valence-electron chi connectivity index (χ2n) is 11.9. The van der Waals surface area contributed by atoms with Gasteiger partial charge in [-0.3, -0.25) is 9.69 Å². The topological polar surface area (TPSA) is 96.8 Å². The second kappa shape index (κ2) is 12.7. The largest absolute Gasteiger partial charge is 0.497 e. The van der Waals surface area contributed by atoms with Gasteiger partial charge in [-0.15, -0.1) is 0 Å². The molecule has 2 saturated heterocycles. The summed E-state index contributed by atoms with van der Waals surface area (Å²) >= 11 is 0. The summed E-state index contributed by atoms with van der Waals surface area (Å²) < 4.78 is 19.0. The molecule has 3 fully saturated rings. The molecule has 218 valence electrons. The first-order valence-electron chi connectivity index (χ1n) is 14.9. The number of fused-ring (bicyclic) bond motifs is 1. The number of piperidine rings is 1. The van der Waals surface area contributed by atoms with Crippen LogP contribution in [0.25, 0.3) is 10.4 Å². The van der Waals surface area contributed by atoms with Crippen molar-refractivity contribution >= 4 is 5.91 Å². The van der Waals surface area contributed by atoms with Gasteiger partial charge in [-0.05, 0) is 71.6 Å². The van der Waals surface area contributed by atoms with Crippen LogP contribution in [-0.4, -0.2) is 48.3 Å². The lowest BCUT2D eigenvalue weighted by atomic mass is 9.64. The molecule has 0 unspecified atom stereocenters. The summed E-state index contributed by atoms with van der Waals surface area (Å²) in [5, 5.41) is 3.51. The van der Waals surface area contributed by atoms with E-state index in [1.165, 1.54) is 5.56 Å². The average Bonchev–Trinajstić information content (AvgIpc) is 3.40. The number of methoxy groups -OCH3 is 1. The molecule has 0 radical (unpaired) electrons. The molecule has 2 aliphatic heterocycles. The van der Waals surface area contributed by atoms with Gasteiger partial charge < -0.3 is 14.2 Å². The first-order valence-corrected chi connectivity index (χ1v) is 14.9. The van der Waals surface area contributed by atoms with Crippen molar-refractivity contribution in [1.82, 2.24) is 4.90 Å². The number of carbonyl (C=O) groups excluding carboxylic acids is 1. The van der Waals surface area contributed by atoms with E-state index in [0.29, 0.717) is 26.2 Å². The maximum Gasteiger partial charge on any atom is 0.223 e. The Morgan fingerprint density at radius 2 is 1.60 bits per heavy atom. The Morgan fingerprint density at radius 3 is 2.24 bits per heavy atom. The highest BCUT2D eigenvalue weighted by molar-refractivity contribution is 5.80. The fraction of sp³-hybridized carbons (Fsp3) is 0.441. The number of benzene rings is 3. The van der Waals surface area contributed by atoms with Gasteiger partial charge in [0.2, 0.25) is 5.91 Å². The maximum atomic E-state index is 12.9. The van der Waals surface area contributed by atoms with Crippen LogP contribution in [0.5, 0.6) is 5.75 Å². The third kappa shape index (κ3) is 5.94. The zero-order valence-electron chi connectivity index (χ0n) is 24.0. The van der Waals surface area contributed by atoms with Crippen molar-refractivity contribution in [1.29, 1.82) is 0 Å². The molecule has 1 saturated carbocycles. The molecule has 0 N–H and O–H groups in total. The van der Waals surface area contributed by atoms with Crippen LogP contribution < -0.4 is 4.74 Å². The van der Waals surface area contributed by atoms with Gasteiger partial charge in [-0.25, -0.2) is 0 Å². The van der Waals surface area contributed by atoms with Gasteiger partial charge in [-0.2, -0.15) is 0 Å². The van der Waals surface area contributed by atoms with Crippen LogP contribution in [0, 0.1) is 11.8 Å². The molecule has 8 nitrogen and oxygen atoms in total. The molecular weight excluding hydrogens is 528 g/mol. The van der Waals surface area contributed by atoms with E-state index in [-0.39, 0.29) is 41.5 Å². The first kappa shape index (κ1) is 28.4. The molecule has 0 aromatic heterocycles. The van der Waals surface area contributed by atoms with E-state index in [0.717, 1.165) is 42.6 Å². The molecule has 6 atom stereocenters. The Bertz CT molecular complexity index is 1400. The highest BCUT2D eigenvalue weighted by Crippen LogP contribution is 2.54. The van der Waals surface area contributed by atoms with Crippen LogP contribution in [0.1, 0.15) is 42.4 Å². The van der Waals surface area contributed by atoms with Crippen molar-refractivity contribution in [2.75, 3.05) is 13.7 Å². The van der Waals surface area contributed by atoms with E-state index >= 15 is 0 Å². The lowest BCUT2D eigenvalue weighted by Gasteiger charge is -2.58. The third-order valence-electron chi connectivity index (χ3n) is 9.53. The summed E-state index contributed by atoms with van der Waals surface area (Å²) in [5.41, 5.74) is 12.3. The molecular formula is C34H38N4O4. The quantitative estimate of drug-likeness (QED) is 0.159. The lowest BCUT2D eigenvalue weighted by Crippen LogP contribution is -2.67. The van der Waals surface area contributed by atoms with Crippen molar-refractivity contribution < 1.29 is 19.0 Å². The molecule has 1 spiro atoms. The Kier molecular flexibility index (Phi) is 8.58. The van der Waals surface area contributed by atoms with Gasteiger partial charge in [-0.1, -0.05) is 72.8 Å². The number of carbonyl (C=O) groups is 1. The Balaban J connectivity index is 1.34. The van der Waals surface area contributed by atoms with Gasteiger partial charge in [0.15, 0.2) is 0 Å². The van der Waals surface area contributed by atoms with Crippen molar-refractivity contribution in [3.8, 4) is 5.75 Å². The number of rotatable bonds is 10. The van der Waals surface area contributed by atoms with Crippen LogP contribution >= 0.6 is 0 Å². The van der Waals surface area contributed by atoms with Crippen molar-refractivity contribution in [2.45, 2.75) is 69.1 Å². The first-order chi connectivity index (χ1) is 20.6. The van der Waals surface area contributed by atoms with Crippen LogP contribution in [-0.2, 0) is 33.9 Å². The smallest absolute Gasteiger partial charge is 0.223 e. The molecule has 3 aliphatic rings. The van der Waals surface area contributed by atoms with E-state index < -0.39 is 0 Å². The average molecular weight is 567 g/mol. The summed E-state index contributed by atoms with van der Waals surface area (Å²) in [6, 6.07) is 28.9. The number of azide groups is 1. The monoisotopic (exact) mass is 566 g/mol. The van der Waals surface area contributed by atoms with Crippen LogP contribution in [0.3, 0.4) is 0 Å². The van der Waals surface area contributed by atoms with Gasteiger partial charge in [0.05, 0.1) is 32.5 Å². The predicted octanol–water partition coefficient (Wildman–Crippen LogP) is 6.49. The van der Waals surface area contributed by atoms with Gasteiger partial charge >= 0.3 is 0 Å². The van der Waals surface area contributed by atoms with Crippen LogP contribution in [0.2, 0.25) is 0 Å². The predicted molar refractivity (Wildman–Crippen MR) is 160 cm³/mol. The zero-order chi connectivity index (χ0) is 28.9. The number of hydrogen-bond donors (Lipinski definition) is 0. The van der Waals surface area contributed by atoms with Crippen molar-refractivity contribution in [2.24, 2.45) is 17.0 Å². The van der Waals surface area contributed by atoms with E-state index in [9.17, 15) is 4.79 Å². The third-order valence-corrected chi connectivity index (χ3v) is 9.53. The van der Waals surface area contributed by atoms with Crippen LogP contribution in [0.4, 0.5) is 0 Å². The van der Waals surface area contributed by atoms with E-state index in [1.807, 2.05) is 48.5 Å². The van der Waals surface area contributed by atoms with Gasteiger partial charge in [0.1, 0.15) is 5.75 Å². The van der Waals surface area contributed by atoms with Crippen LogP contribution in [0.15, 0.2) is 90.0 Å². The fourth-order valence-electron chi connectivity index (χ4n) is 7.60. The second-order valence-corrected chi connectivity index (χ2v) is 11.9. The maximum absolute atomic E-state index is 12.9. The summed E-state index contributed by atoms with van der Waals surface area (Å²) in [4.78, 5) is 18.2. The molecule has 6 rings (SSSR count). The summed E-state index contributed by atoms with van der Waals surface area (Å²) in [5.74, 6) is 0.321. The van der Waals surface area contributed by atoms with Gasteiger partial charge in [0, 0.05) is 34.9 Å². The summed E-state index contributed by atoms with van der Waals surface area (Å²) in [7, 11) is 1.68. The number of ether oxygens (including phenoxy) is 3. The number of nitrogens with zero attached hydrogens (tertiary/aromatic N) is 4. The lowest BCUT2D eigenvalue weighted by molar-refractivity contribution is -0.184. The van der Waals surface area contributed by atoms with Gasteiger partial charge in [0.25, 0.3) is 0 Å². The SMILES string of the molecule is COc1ccc(C[C@@H]2[C@@H](OCc3ccccc3)[C@H]3C[C@@]4(CC[C@@H]3OCc3ccccc3)C[C@@H](C(=O)N=[N+]=[N-])CN24)cc1. The highest BCUT2D eigenvalue weighted by atomic mass is 16.5. The van der Waals surface area contributed by atoms with E-state index in [2.05, 4.69) is 51.3 Å². The summed E-state index contributed by atoms with van der Waals surface area (Å²) in [6.45, 7) is 1.64. The molecule has 1 aliphatic carbocycles. The minimum Gasteiger partial charge on any atom is -0.497 e. The minimum absolute atomic E-state index is 0.0350. The van der Waals surface area contributed by atoms with E-state index in [4.69, 9.17) is 19.7 Å². The number of amides is 1. The van der Waals surface area contributed by atoms with E-state index in [1.54, 1.807) is 7.11 Å².